The number of hydrogen-bond donors (Lipinski definition) is 2. The molecule has 0 bridgehead atoms. The molecule has 2 heterocycles. The first-order valence-corrected chi connectivity index (χ1v) is 12.4. The summed E-state index contributed by atoms with van der Waals surface area (Å²) in [4.78, 5) is 19.0. The predicted molar refractivity (Wildman–Crippen MR) is 136 cm³/mol. The van der Waals surface area contributed by atoms with Crippen LogP contribution in [0.3, 0.4) is 0 Å². The maximum Gasteiger partial charge on any atom is 0.317 e. The maximum absolute atomic E-state index is 12.7. The van der Waals surface area contributed by atoms with E-state index in [0.29, 0.717) is 17.6 Å². The quantitative estimate of drug-likeness (QED) is 0.532. The molecule has 1 aromatic heterocycles. The first-order chi connectivity index (χ1) is 16.7. The number of anilines is 1. The minimum Gasteiger partial charge on any atom is -0.382 e. The van der Waals surface area contributed by atoms with Crippen molar-refractivity contribution >= 4 is 22.5 Å². The van der Waals surface area contributed by atoms with Crippen molar-refractivity contribution < 1.29 is 4.79 Å². The van der Waals surface area contributed by atoms with Crippen LogP contribution in [-0.2, 0) is 0 Å². The van der Waals surface area contributed by atoms with Crippen molar-refractivity contribution in [1.82, 2.24) is 15.2 Å². The normalized spacial score (nSPS) is 17.3. The number of fused-ring (bicyclic) bond motifs is 1. The van der Waals surface area contributed by atoms with Gasteiger partial charge in [0.25, 0.3) is 0 Å². The molecule has 1 aliphatic carbocycles. The van der Waals surface area contributed by atoms with Crippen LogP contribution in [0.25, 0.3) is 21.9 Å². The van der Waals surface area contributed by atoms with Gasteiger partial charge in [-0.2, -0.15) is 5.26 Å². The molecule has 2 amide bonds. The number of nitrogens with zero attached hydrogens (tertiary/aromatic N) is 3. The van der Waals surface area contributed by atoms with Gasteiger partial charge in [0.15, 0.2) is 0 Å². The minimum absolute atomic E-state index is 0.0966. The number of nitriles is 1. The SMILES string of the molecule is N#Cc1cccc(-c2cc(NC3CCN(C(=O)NC4CCCCC4)CC3)c3cnccc3c2)c1. The lowest BCUT2D eigenvalue weighted by Gasteiger charge is -2.34. The lowest BCUT2D eigenvalue weighted by Crippen LogP contribution is -2.49. The highest BCUT2D eigenvalue weighted by Gasteiger charge is 2.25. The van der Waals surface area contributed by atoms with E-state index in [9.17, 15) is 10.1 Å². The average molecular weight is 454 g/mol. The number of rotatable bonds is 4. The predicted octanol–water partition coefficient (Wildman–Crippen LogP) is 5.69. The third kappa shape index (κ3) is 4.99. The van der Waals surface area contributed by atoms with E-state index in [1.165, 1.54) is 19.3 Å². The second-order valence-electron chi connectivity index (χ2n) is 9.50. The zero-order chi connectivity index (χ0) is 23.3. The fraction of sp³-hybridized carbons (Fsp3) is 0.393. The van der Waals surface area contributed by atoms with Crippen molar-refractivity contribution in [1.29, 1.82) is 5.26 Å². The van der Waals surface area contributed by atoms with Crippen LogP contribution in [0.4, 0.5) is 10.5 Å². The van der Waals surface area contributed by atoms with Crippen molar-refractivity contribution in [2.45, 2.75) is 57.0 Å². The number of hydrogen-bond acceptors (Lipinski definition) is 4. The number of likely N-dealkylation sites (tertiary alicyclic amines) is 1. The van der Waals surface area contributed by atoms with Crippen LogP contribution in [-0.4, -0.2) is 41.1 Å². The molecule has 34 heavy (non-hydrogen) atoms. The standard InChI is InChI=1S/C28H31N5O/c29-18-20-5-4-6-21(15-20)23-16-22-9-12-30-19-26(22)27(17-23)31-25-10-13-33(14-11-25)28(34)32-24-7-2-1-3-8-24/h4-6,9,12,15-17,19,24-25,31H,1-3,7-8,10-11,13-14H2,(H,32,34). The number of urea groups is 1. The molecule has 6 heteroatoms. The number of nitrogens with one attached hydrogen (secondary N) is 2. The Morgan fingerprint density at radius 3 is 2.59 bits per heavy atom. The third-order valence-electron chi connectivity index (χ3n) is 7.16. The molecule has 1 aliphatic heterocycles. The van der Waals surface area contributed by atoms with Crippen LogP contribution in [0.15, 0.2) is 54.9 Å². The van der Waals surface area contributed by atoms with Crippen LogP contribution >= 0.6 is 0 Å². The van der Waals surface area contributed by atoms with Gasteiger partial charge in [-0.3, -0.25) is 4.98 Å². The molecule has 174 valence electrons. The molecule has 2 fully saturated rings. The smallest absolute Gasteiger partial charge is 0.317 e. The number of carbonyl (C=O) groups excluding carboxylic acids is 1. The van der Waals surface area contributed by atoms with Gasteiger partial charge in [-0.1, -0.05) is 31.4 Å². The number of carbonyl (C=O) groups is 1. The first kappa shape index (κ1) is 22.2. The molecule has 2 aliphatic rings. The monoisotopic (exact) mass is 453 g/mol. The molecule has 1 saturated heterocycles. The molecule has 1 saturated carbocycles. The van der Waals surface area contributed by atoms with Gasteiger partial charge in [-0.05, 0) is 72.5 Å². The molecule has 0 radical (unpaired) electrons. The van der Waals surface area contributed by atoms with Gasteiger partial charge >= 0.3 is 6.03 Å². The Balaban J connectivity index is 1.29. The molecule has 5 rings (SSSR count). The summed E-state index contributed by atoms with van der Waals surface area (Å²) < 4.78 is 0. The van der Waals surface area contributed by atoms with E-state index in [-0.39, 0.29) is 6.03 Å². The summed E-state index contributed by atoms with van der Waals surface area (Å²) in [6.45, 7) is 1.52. The molecule has 0 atom stereocenters. The van der Waals surface area contributed by atoms with Crippen LogP contribution < -0.4 is 10.6 Å². The van der Waals surface area contributed by atoms with Gasteiger partial charge in [0.2, 0.25) is 0 Å². The Bertz CT molecular complexity index is 1200. The zero-order valence-electron chi connectivity index (χ0n) is 19.5. The van der Waals surface area contributed by atoms with Crippen LogP contribution in [0, 0.1) is 11.3 Å². The third-order valence-corrected chi connectivity index (χ3v) is 7.16. The first-order valence-electron chi connectivity index (χ1n) is 12.4. The summed E-state index contributed by atoms with van der Waals surface area (Å²) >= 11 is 0. The average Bonchev–Trinajstić information content (AvgIpc) is 2.89. The van der Waals surface area contributed by atoms with E-state index in [1.807, 2.05) is 47.6 Å². The lowest BCUT2D eigenvalue weighted by molar-refractivity contribution is 0.176. The van der Waals surface area contributed by atoms with Crippen molar-refractivity contribution in [2.75, 3.05) is 18.4 Å². The topological polar surface area (TPSA) is 81.0 Å². The number of amides is 2. The Kier molecular flexibility index (Phi) is 6.62. The van der Waals surface area contributed by atoms with Crippen molar-refractivity contribution in [3.05, 3.63) is 60.4 Å². The molecular weight excluding hydrogens is 422 g/mol. The van der Waals surface area contributed by atoms with Gasteiger partial charge in [0.05, 0.1) is 11.6 Å². The summed E-state index contributed by atoms with van der Waals surface area (Å²) in [5.41, 5.74) is 3.80. The van der Waals surface area contributed by atoms with Gasteiger partial charge in [-0.25, -0.2) is 4.79 Å². The van der Waals surface area contributed by atoms with E-state index in [0.717, 1.165) is 66.4 Å². The highest BCUT2D eigenvalue weighted by atomic mass is 16.2. The van der Waals surface area contributed by atoms with Gasteiger partial charge in [0, 0.05) is 48.6 Å². The summed E-state index contributed by atoms with van der Waals surface area (Å²) in [6, 6.07) is 17.0. The molecular formula is C28H31N5O. The Labute approximate surface area is 201 Å². The van der Waals surface area contributed by atoms with Gasteiger partial charge in [-0.15, -0.1) is 0 Å². The second kappa shape index (κ2) is 10.1. The van der Waals surface area contributed by atoms with Crippen LogP contribution in [0.5, 0.6) is 0 Å². The van der Waals surface area contributed by atoms with Crippen LogP contribution in [0.2, 0.25) is 0 Å². The fourth-order valence-corrected chi connectivity index (χ4v) is 5.21. The van der Waals surface area contributed by atoms with E-state index >= 15 is 0 Å². The molecule has 0 spiro atoms. The maximum atomic E-state index is 12.7. The van der Waals surface area contributed by atoms with Crippen molar-refractivity contribution in [2.24, 2.45) is 0 Å². The number of piperidine rings is 1. The Morgan fingerprint density at radius 2 is 1.79 bits per heavy atom. The van der Waals surface area contributed by atoms with Crippen LogP contribution in [0.1, 0.15) is 50.5 Å². The largest absolute Gasteiger partial charge is 0.382 e. The summed E-state index contributed by atoms with van der Waals surface area (Å²) in [7, 11) is 0. The summed E-state index contributed by atoms with van der Waals surface area (Å²) in [5, 5.41) is 18.5. The number of benzene rings is 2. The Morgan fingerprint density at radius 1 is 0.971 bits per heavy atom. The molecule has 6 nitrogen and oxygen atoms in total. The van der Waals surface area contributed by atoms with E-state index in [4.69, 9.17) is 0 Å². The molecule has 2 N–H and O–H groups in total. The van der Waals surface area contributed by atoms with Gasteiger partial charge in [0.1, 0.15) is 0 Å². The minimum atomic E-state index is 0.0966. The lowest BCUT2D eigenvalue weighted by atomic mass is 9.95. The molecule has 3 aromatic rings. The van der Waals surface area contributed by atoms with Gasteiger partial charge < -0.3 is 15.5 Å². The van der Waals surface area contributed by atoms with E-state index in [1.54, 1.807) is 0 Å². The second-order valence-corrected chi connectivity index (χ2v) is 9.50. The fourth-order valence-electron chi connectivity index (χ4n) is 5.21. The summed E-state index contributed by atoms with van der Waals surface area (Å²) in [6.07, 6.45) is 11.5. The highest BCUT2D eigenvalue weighted by Crippen LogP contribution is 2.32. The molecule has 2 aromatic carbocycles. The Hall–Kier alpha value is -3.59. The van der Waals surface area contributed by atoms with Crippen molar-refractivity contribution in [3.63, 3.8) is 0 Å². The summed E-state index contributed by atoms with van der Waals surface area (Å²) in [5.74, 6) is 0. The number of aromatic nitrogens is 1. The molecule has 0 unspecified atom stereocenters. The zero-order valence-corrected chi connectivity index (χ0v) is 19.5. The highest BCUT2D eigenvalue weighted by molar-refractivity contribution is 5.97. The van der Waals surface area contributed by atoms with E-state index < -0.39 is 0 Å². The van der Waals surface area contributed by atoms with Crippen molar-refractivity contribution in [3.8, 4) is 17.2 Å². The number of pyridine rings is 1. The van der Waals surface area contributed by atoms with E-state index in [2.05, 4.69) is 33.8 Å².